The Morgan fingerprint density at radius 3 is 2.73 bits per heavy atom. The third kappa shape index (κ3) is 3.72. The maximum atomic E-state index is 5.85. The molecule has 0 radical (unpaired) electrons. The van der Waals surface area contributed by atoms with Crippen molar-refractivity contribution in [3.63, 3.8) is 0 Å². The van der Waals surface area contributed by atoms with Gasteiger partial charge >= 0.3 is 0 Å². The van der Waals surface area contributed by atoms with Gasteiger partial charge in [-0.15, -0.1) is 0 Å². The smallest absolute Gasteiger partial charge is 0.194 e. The van der Waals surface area contributed by atoms with Gasteiger partial charge in [0.05, 0.1) is 6.54 Å². The maximum absolute atomic E-state index is 5.85. The van der Waals surface area contributed by atoms with E-state index in [1.807, 2.05) is 24.4 Å². The summed E-state index contributed by atoms with van der Waals surface area (Å²) in [6.07, 6.45) is 6.08. The minimum Gasteiger partial charge on any atom is -0.370 e. The van der Waals surface area contributed by atoms with Crippen molar-refractivity contribution >= 4 is 17.6 Å². The van der Waals surface area contributed by atoms with Crippen molar-refractivity contribution in [3.05, 3.63) is 48.3 Å². The maximum Gasteiger partial charge on any atom is 0.194 e. The molecule has 6 heteroatoms. The molecule has 3 rings (SSSR count). The summed E-state index contributed by atoms with van der Waals surface area (Å²) in [6.45, 7) is 2.70. The molecule has 3 N–H and O–H groups in total. The lowest BCUT2D eigenvalue weighted by Gasteiger charge is -2.15. The molecule has 0 aromatic carbocycles. The van der Waals surface area contributed by atoms with E-state index in [1.54, 1.807) is 6.20 Å². The lowest BCUT2D eigenvalue weighted by Crippen LogP contribution is -2.23. The zero-order valence-electron chi connectivity index (χ0n) is 12.4. The van der Waals surface area contributed by atoms with E-state index in [2.05, 4.69) is 37.3 Å². The van der Waals surface area contributed by atoms with E-state index in [0.29, 0.717) is 18.3 Å². The van der Waals surface area contributed by atoms with Gasteiger partial charge in [0.25, 0.3) is 0 Å². The molecular formula is C16H20N6. The molecular weight excluding hydrogens is 276 g/mol. The van der Waals surface area contributed by atoms with Crippen LogP contribution in [-0.4, -0.2) is 29.0 Å². The molecule has 0 spiro atoms. The largest absolute Gasteiger partial charge is 0.370 e. The predicted octanol–water partition coefficient (Wildman–Crippen LogP) is 2.00. The van der Waals surface area contributed by atoms with Crippen molar-refractivity contribution in [1.29, 1.82) is 0 Å². The normalized spacial score (nSPS) is 15.1. The SMILES string of the molecule is NC(=NCc1ccc(N2CCCC2)nc1)Nc1ccccn1. The highest BCUT2D eigenvalue weighted by atomic mass is 15.2. The standard InChI is InChI=1S/C16H20N6/c17-16(21-14-5-1-2-8-18-14)20-12-13-6-7-15(19-11-13)22-9-3-4-10-22/h1-2,5-8,11H,3-4,9-10,12H2,(H3,17,18,20,21). The molecule has 0 aliphatic carbocycles. The Morgan fingerprint density at radius 1 is 1.18 bits per heavy atom. The van der Waals surface area contributed by atoms with Crippen LogP contribution in [0, 0.1) is 0 Å². The van der Waals surface area contributed by atoms with Crippen molar-refractivity contribution in [2.75, 3.05) is 23.3 Å². The Kier molecular flexibility index (Phi) is 4.48. The van der Waals surface area contributed by atoms with Crippen LogP contribution in [0.2, 0.25) is 0 Å². The van der Waals surface area contributed by atoms with Crippen molar-refractivity contribution in [1.82, 2.24) is 9.97 Å². The fraction of sp³-hybridized carbons (Fsp3) is 0.312. The van der Waals surface area contributed by atoms with Crippen molar-refractivity contribution in [2.45, 2.75) is 19.4 Å². The first kappa shape index (κ1) is 14.3. The quantitative estimate of drug-likeness (QED) is 0.666. The third-order valence-corrected chi connectivity index (χ3v) is 3.59. The van der Waals surface area contributed by atoms with Gasteiger partial charge in [-0.2, -0.15) is 0 Å². The number of nitrogens with one attached hydrogen (secondary N) is 1. The highest BCUT2D eigenvalue weighted by Crippen LogP contribution is 2.17. The summed E-state index contributed by atoms with van der Waals surface area (Å²) in [5, 5.41) is 2.96. The van der Waals surface area contributed by atoms with Crippen LogP contribution in [-0.2, 0) is 6.54 Å². The molecule has 114 valence electrons. The summed E-state index contributed by atoms with van der Waals surface area (Å²) >= 11 is 0. The Labute approximate surface area is 130 Å². The van der Waals surface area contributed by atoms with Crippen LogP contribution < -0.4 is 16.0 Å². The number of aromatic nitrogens is 2. The van der Waals surface area contributed by atoms with E-state index in [0.717, 1.165) is 24.5 Å². The molecule has 0 saturated carbocycles. The van der Waals surface area contributed by atoms with Crippen LogP contribution in [0.5, 0.6) is 0 Å². The number of nitrogens with two attached hydrogens (primary N) is 1. The van der Waals surface area contributed by atoms with Gasteiger partial charge in [-0.05, 0) is 36.6 Å². The summed E-state index contributed by atoms with van der Waals surface area (Å²) in [4.78, 5) is 15.3. The summed E-state index contributed by atoms with van der Waals surface area (Å²) in [5.74, 6) is 2.08. The molecule has 0 unspecified atom stereocenters. The monoisotopic (exact) mass is 296 g/mol. The number of pyridine rings is 2. The Morgan fingerprint density at radius 2 is 2.05 bits per heavy atom. The molecule has 1 aliphatic heterocycles. The van der Waals surface area contributed by atoms with Crippen LogP contribution in [0.25, 0.3) is 0 Å². The summed E-state index contributed by atoms with van der Waals surface area (Å²) in [5.41, 5.74) is 6.89. The molecule has 6 nitrogen and oxygen atoms in total. The van der Waals surface area contributed by atoms with Gasteiger partial charge in [0, 0.05) is 25.5 Å². The molecule has 0 amide bonds. The molecule has 3 heterocycles. The fourth-order valence-corrected chi connectivity index (χ4v) is 2.43. The van der Waals surface area contributed by atoms with Crippen molar-refractivity contribution in [2.24, 2.45) is 10.7 Å². The van der Waals surface area contributed by atoms with Gasteiger partial charge in [0.2, 0.25) is 0 Å². The first-order valence-electron chi connectivity index (χ1n) is 7.49. The van der Waals surface area contributed by atoms with Crippen LogP contribution in [0.15, 0.2) is 47.7 Å². The Hall–Kier alpha value is -2.63. The molecule has 2 aromatic heterocycles. The van der Waals surface area contributed by atoms with Gasteiger partial charge in [-0.25, -0.2) is 15.0 Å². The van der Waals surface area contributed by atoms with E-state index in [-0.39, 0.29) is 0 Å². The van der Waals surface area contributed by atoms with Crippen LogP contribution in [0.1, 0.15) is 18.4 Å². The second kappa shape index (κ2) is 6.89. The van der Waals surface area contributed by atoms with Crippen LogP contribution in [0.3, 0.4) is 0 Å². The highest BCUT2D eigenvalue weighted by Gasteiger charge is 2.12. The van der Waals surface area contributed by atoms with Crippen LogP contribution >= 0.6 is 0 Å². The second-order valence-corrected chi connectivity index (χ2v) is 5.26. The van der Waals surface area contributed by atoms with Gasteiger partial charge in [0.1, 0.15) is 11.6 Å². The number of anilines is 2. The van der Waals surface area contributed by atoms with Crippen molar-refractivity contribution in [3.8, 4) is 0 Å². The molecule has 1 fully saturated rings. The molecule has 0 atom stereocenters. The average Bonchev–Trinajstić information content (AvgIpc) is 3.09. The first-order chi connectivity index (χ1) is 10.8. The molecule has 22 heavy (non-hydrogen) atoms. The van der Waals surface area contributed by atoms with Gasteiger partial charge in [-0.3, -0.25) is 0 Å². The topological polar surface area (TPSA) is 79.4 Å². The van der Waals surface area contributed by atoms with E-state index < -0.39 is 0 Å². The van der Waals surface area contributed by atoms with Gasteiger partial charge in [-0.1, -0.05) is 12.1 Å². The molecule has 1 aliphatic rings. The second-order valence-electron chi connectivity index (χ2n) is 5.26. The summed E-state index contributed by atoms with van der Waals surface area (Å²) in [6, 6.07) is 9.70. The summed E-state index contributed by atoms with van der Waals surface area (Å²) < 4.78 is 0. The lowest BCUT2D eigenvalue weighted by molar-refractivity contribution is 0.928. The number of nitrogens with zero attached hydrogens (tertiary/aromatic N) is 4. The zero-order valence-corrected chi connectivity index (χ0v) is 12.4. The molecule has 0 bridgehead atoms. The zero-order chi connectivity index (χ0) is 15.2. The molecule has 1 saturated heterocycles. The lowest BCUT2D eigenvalue weighted by atomic mass is 10.3. The van der Waals surface area contributed by atoms with Gasteiger partial charge < -0.3 is 16.0 Å². The minimum absolute atomic E-state index is 0.349. The van der Waals surface area contributed by atoms with Crippen molar-refractivity contribution < 1.29 is 0 Å². The first-order valence-corrected chi connectivity index (χ1v) is 7.49. The van der Waals surface area contributed by atoms with E-state index in [4.69, 9.17) is 5.73 Å². The molecule has 2 aromatic rings. The number of hydrogen-bond acceptors (Lipinski definition) is 4. The van der Waals surface area contributed by atoms with Crippen LogP contribution in [0.4, 0.5) is 11.6 Å². The average molecular weight is 296 g/mol. The predicted molar refractivity (Wildman–Crippen MR) is 88.9 cm³/mol. The van der Waals surface area contributed by atoms with E-state index in [9.17, 15) is 0 Å². The summed E-state index contributed by atoms with van der Waals surface area (Å²) in [7, 11) is 0. The fourth-order valence-electron chi connectivity index (χ4n) is 2.43. The number of guanidine groups is 1. The highest BCUT2D eigenvalue weighted by molar-refractivity contribution is 5.91. The Balaban J connectivity index is 1.57. The number of aliphatic imine (C=N–C) groups is 1. The van der Waals surface area contributed by atoms with E-state index in [1.165, 1.54) is 12.8 Å². The number of hydrogen-bond donors (Lipinski definition) is 2. The van der Waals surface area contributed by atoms with Gasteiger partial charge in [0.15, 0.2) is 5.96 Å². The van der Waals surface area contributed by atoms with E-state index >= 15 is 0 Å². The Bertz CT molecular complexity index is 617. The minimum atomic E-state index is 0.349. The third-order valence-electron chi connectivity index (χ3n) is 3.59. The number of rotatable bonds is 4.